The summed E-state index contributed by atoms with van der Waals surface area (Å²) >= 11 is 3.62. The second-order valence-corrected chi connectivity index (χ2v) is 5.56. The van der Waals surface area contributed by atoms with E-state index in [0.717, 1.165) is 17.6 Å². The van der Waals surface area contributed by atoms with E-state index in [9.17, 15) is 5.11 Å². The number of aliphatic hydroxyl groups excluding tert-OH is 1. The summed E-state index contributed by atoms with van der Waals surface area (Å²) in [6, 6.07) is 6.91. The van der Waals surface area contributed by atoms with E-state index in [1.54, 1.807) is 0 Å². The number of hydrogen-bond donors (Lipinski definition) is 2. The Labute approximate surface area is 111 Å². The number of piperazine rings is 1. The Morgan fingerprint density at radius 1 is 1.47 bits per heavy atom. The lowest BCUT2D eigenvalue weighted by Crippen LogP contribution is -2.58. The summed E-state index contributed by atoms with van der Waals surface area (Å²) in [5.74, 6) is 0. The summed E-state index contributed by atoms with van der Waals surface area (Å²) in [6.07, 6.45) is 0. The topological polar surface area (TPSA) is 35.5 Å². The van der Waals surface area contributed by atoms with Crippen LogP contribution < -0.4 is 10.2 Å². The Kier molecular flexibility index (Phi) is 4.07. The SMILES string of the molecule is Cc1ccc(N2C(C)CNCC2CO)c(Br)c1. The van der Waals surface area contributed by atoms with Crippen molar-refractivity contribution in [2.45, 2.75) is 25.9 Å². The Hall–Kier alpha value is -0.580. The fourth-order valence-electron chi connectivity index (χ4n) is 2.42. The second-order valence-electron chi connectivity index (χ2n) is 4.71. The molecule has 0 radical (unpaired) electrons. The first-order valence-electron chi connectivity index (χ1n) is 5.99. The minimum absolute atomic E-state index is 0.151. The third-order valence-electron chi connectivity index (χ3n) is 3.28. The van der Waals surface area contributed by atoms with E-state index >= 15 is 0 Å². The molecule has 1 saturated heterocycles. The van der Waals surface area contributed by atoms with Crippen molar-refractivity contribution in [3.63, 3.8) is 0 Å². The quantitative estimate of drug-likeness (QED) is 0.876. The van der Waals surface area contributed by atoms with Crippen molar-refractivity contribution in [1.29, 1.82) is 0 Å². The molecule has 0 amide bonds. The van der Waals surface area contributed by atoms with Crippen LogP contribution >= 0.6 is 15.9 Å². The van der Waals surface area contributed by atoms with Gasteiger partial charge in [0, 0.05) is 23.6 Å². The van der Waals surface area contributed by atoms with Gasteiger partial charge in [-0.2, -0.15) is 0 Å². The maximum atomic E-state index is 9.49. The molecule has 0 spiro atoms. The molecule has 2 unspecified atom stereocenters. The Morgan fingerprint density at radius 3 is 2.88 bits per heavy atom. The van der Waals surface area contributed by atoms with Crippen molar-refractivity contribution in [2.24, 2.45) is 0 Å². The number of anilines is 1. The zero-order chi connectivity index (χ0) is 12.4. The maximum absolute atomic E-state index is 9.49. The maximum Gasteiger partial charge on any atom is 0.0649 e. The third kappa shape index (κ3) is 2.64. The lowest BCUT2D eigenvalue weighted by atomic mass is 10.1. The highest BCUT2D eigenvalue weighted by Gasteiger charge is 2.28. The van der Waals surface area contributed by atoms with E-state index in [2.05, 4.69) is 58.2 Å². The Morgan fingerprint density at radius 2 is 2.24 bits per heavy atom. The number of nitrogens with one attached hydrogen (secondary N) is 1. The molecular formula is C13H19BrN2O. The fraction of sp³-hybridized carbons (Fsp3) is 0.538. The Balaban J connectivity index is 2.34. The van der Waals surface area contributed by atoms with E-state index in [1.165, 1.54) is 11.3 Å². The molecule has 1 fully saturated rings. The number of nitrogens with zero attached hydrogens (tertiary/aromatic N) is 1. The van der Waals surface area contributed by atoms with Crippen molar-refractivity contribution in [1.82, 2.24) is 5.32 Å². The summed E-state index contributed by atoms with van der Waals surface area (Å²) in [4.78, 5) is 2.31. The van der Waals surface area contributed by atoms with Crippen LogP contribution in [-0.2, 0) is 0 Å². The smallest absolute Gasteiger partial charge is 0.0649 e. The van der Waals surface area contributed by atoms with Crippen LogP contribution in [0.2, 0.25) is 0 Å². The van der Waals surface area contributed by atoms with Gasteiger partial charge in [0.25, 0.3) is 0 Å². The molecule has 1 heterocycles. The van der Waals surface area contributed by atoms with Crippen molar-refractivity contribution in [3.05, 3.63) is 28.2 Å². The average Bonchev–Trinajstić information content (AvgIpc) is 2.30. The van der Waals surface area contributed by atoms with Gasteiger partial charge in [0.15, 0.2) is 0 Å². The minimum atomic E-state index is 0.151. The average molecular weight is 299 g/mol. The van der Waals surface area contributed by atoms with Crippen LogP contribution in [0.5, 0.6) is 0 Å². The number of rotatable bonds is 2. The molecule has 2 rings (SSSR count). The van der Waals surface area contributed by atoms with Gasteiger partial charge in [0.2, 0.25) is 0 Å². The number of benzene rings is 1. The highest BCUT2D eigenvalue weighted by atomic mass is 79.9. The molecule has 3 nitrogen and oxygen atoms in total. The van der Waals surface area contributed by atoms with Gasteiger partial charge in [0.1, 0.15) is 0 Å². The fourth-order valence-corrected chi connectivity index (χ4v) is 3.12. The molecule has 1 aromatic rings. The molecule has 0 aliphatic carbocycles. The molecule has 1 aromatic carbocycles. The van der Waals surface area contributed by atoms with Crippen LogP contribution in [0, 0.1) is 6.92 Å². The van der Waals surface area contributed by atoms with Gasteiger partial charge in [-0.15, -0.1) is 0 Å². The summed E-state index contributed by atoms with van der Waals surface area (Å²) in [6.45, 7) is 6.23. The zero-order valence-corrected chi connectivity index (χ0v) is 11.9. The van der Waals surface area contributed by atoms with Gasteiger partial charge in [-0.1, -0.05) is 6.07 Å². The molecule has 17 heavy (non-hydrogen) atoms. The normalized spacial score (nSPS) is 25.1. The monoisotopic (exact) mass is 298 g/mol. The zero-order valence-electron chi connectivity index (χ0n) is 10.3. The molecular weight excluding hydrogens is 280 g/mol. The van der Waals surface area contributed by atoms with Gasteiger partial charge in [-0.25, -0.2) is 0 Å². The lowest BCUT2D eigenvalue weighted by Gasteiger charge is -2.42. The lowest BCUT2D eigenvalue weighted by molar-refractivity contribution is 0.235. The second kappa shape index (κ2) is 5.38. The van der Waals surface area contributed by atoms with E-state index in [0.29, 0.717) is 6.04 Å². The molecule has 1 aliphatic rings. The van der Waals surface area contributed by atoms with Gasteiger partial charge in [-0.3, -0.25) is 0 Å². The van der Waals surface area contributed by atoms with Crippen molar-refractivity contribution < 1.29 is 5.11 Å². The highest BCUT2D eigenvalue weighted by molar-refractivity contribution is 9.10. The van der Waals surface area contributed by atoms with Crippen LogP contribution in [0.1, 0.15) is 12.5 Å². The van der Waals surface area contributed by atoms with Crippen molar-refractivity contribution in [2.75, 3.05) is 24.6 Å². The number of aryl methyl sites for hydroxylation is 1. The van der Waals surface area contributed by atoms with Crippen molar-refractivity contribution in [3.8, 4) is 0 Å². The predicted octanol–water partition coefficient (Wildman–Crippen LogP) is 1.92. The van der Waals surface area contributed by atoms with Crippen LogP contribution in [0.25, 0.3) is 0 Å². The predicted molar refractivity (Wildman–Crippen MR) is 74.6 cm³/mol. The summed E-state index contributed by atoms with van der Waals surface area (Å²) in [5, 5.41) is 12.8. The van der Waals surface area contributed by atoms with Crippen LogP contribution in [0.3, 0.4) is 0 Å². The van der Waals surface area contributed by atoms with E-state index in [-0.39, 0.29) is 12.6 Å². The number of hydrogen-bond acceptors (Lipinski definition) is 3. The molecule has 94 valence electrons. The van der Waals surface area contributed by atoms with Gasteiger partial charge in [-0.05, 0) is 47.5 Å². The van der Waals surface area contributed by atoms with E-state index < -0.39 is 0 Å². The molecule has 2 N–H and O–H groups in total. The molecule has 0 saturated carbocycles. The van der Waals surface area contributed by atoms with Crippen molar-refractivity contribution >= 4 is 21.6 Å². The van der Waals surface area contributed by atoms with Crippen LogP contribution in [0.4, 0.5) is 5.69 Å². The van der Waals surface area contributed by atoms with E-state index in [4.69, 9.17) is 0 Å². The molecule has 0 bridgehead atoms. The van der Waals surface area contributed by atoms with Gasteiger partial charge in [0.05, 0.1) is 18.3 Å². The van der Waals surface area contributed by atoms with Gasteiger partial charge >= 0.3 is 0 Å². The third-order valence-corrected chi connectivity index (χ3v) is 3.92. The minimum Gasteiger partial charge on any atom is -0.394 e. The van der Waals surface area contributed by atoms with Crippen LogP contribution in [0.15, 0.2) is 22.7 Å². The summed E-state index contributed by atoms with van der Waals surface area (Å²) < 4.78 is 1.10. The standard InChI is InChI=1S/C13H19BrN2O/c1-9-3-4-13(12(14)5-9)16-10(2)6-15-7-11(16)8-17/h3-5,10-11,15,17H,6-8H2,1-2H3. The number of halogens is 1. The van der Waals surface area contributed by atoms with Gasteiger partial charge < -0.3 is 15.3 Å². The summed E-state index contributed by atoms with van der Waals surface area (Å²) in [5.41, 5.74) is 2.41. The largest absolute Gasteiger partial charge is 0.394 e. The van der Waals surface area contributed by atoms with E-state index in [1.807, 2.05) is 0 Å². The number of aliphatic hydroxyl groups is 1. The first-order chi connectivity index (χ1) is 8.13. The molecule has 0 aromatic heterocycles. The summed E-state index contributed by atoms with van der Waals surface area (Å²) in [7, 11) is 0. The Bertz CT molecular complexity index is 397. The first-order valence-corrected chi connectivity index (χ1v) is 6.79. The van der Waals surface area contributed by atoms with Crippen LogP contribution in [-0.4, -0.2) is 36.9 Å². The molecule has 2 atom stereocenters. The highest BCUT2D eigenvalue weighted by Crippen LogP contribution is 2.31. The molecule has 1 aliphatic heterocycles. The molecule has 4 heteroatoms. The first kappa shape index (κ1) is 12.9.